The Kier molecular flexibility index (Phi) is 6.32. The van der Waals surface area contributed by atoms with Crippen molar-refractivity contribution >= 4 is 21.6 Å². The van der Waals surface area contributed by atoms with E-state index in [2.05, 4.69) is 10.0 Å². The van der Waals surface area contributed by atoms with Gasteiger partial charge in [0.05, 0.1) is 4.90 Å². The average molecular weight is 313 g/mol. The summed E-state index contributed by atoms with van der Waals surface area (Å²) in [5, 5.41) is 2.76. The van der Waals surface area contributed by atoms with Gasteiger partial charge in [0.15, 0.2) is 0 Å². The summed E-state index contributed by atoms with van der Waals surface area (Å²) in [4.78, 5) is 12.1. The maximum Gasteiger partial charge on any atom is 0.240 e. The van der Waals surface area contributed by atoms with E-state index in [1.54, 1.807) is 6.07 Å². The normalized spacial score (nSPS) is 13.0. The van der Waals surface area contributed by atoms with E-state index < -0.39 is 10.0 Å². The van der Waals surface area contributed by atoms with Crippen LogP contribution in [0.2, 0.25) is 0 Å². The van der Waals surface area contributed by atoms with E-state index in [1.165, 1.54) is 19.2 Å². The van der Waals surface area contributed by atoms with E-state index in [4.69, 9.17) is 5.73 Å². The van der Waals surface area contributed by atoms with Crippen LogP contribution in [0.3, 0.4) is 0 Å². The number of amides is 1. The molecule has 0 heterocycles. The number of carbonyl (C=O) groups excluding carboxylic acids is 1. The van der Waals surface area contributed by atoms with Crippen molar-refractivity contribution in [2.75, 3.05) is 18.9 Å². The van der Waals surface area contributed by atoms with Crippen LogP contribution in [0.5, 0.6) is 0 Å². The van der Waals surface area contributed by atoms with Crippen LogP contribution in [0.4, 0.5) is 5.69 Å². The molecule has 1 atom stereocenters. The number of benzene rings is 1. The molecule has 7 heteroatoms. The molecule has 0 aliphatic carbocycles. The maximum atomic E-state index is 12.0. The molecule has 0 bridgehead atoms. The summed E-state index contributed by atoms with van der Waals surface area (Å²) in [6.45, 7) is 4.25. The van der Waals surface area contributed by atoms with Gasteiger partial charge in [-0.1, -0.05) is 19.4 Å². The third-order valence-corrected chi connectivity index (χ3v) is 4.86. The van der Waals surface area contributed by atoms with Crippen molar-refractivity contribution < 1.29 is 13.2 Å². The van der Waals surface area contributed by atoms with Crippen molar-refractivity contribution in [2.45, 2.75) is 31.6 Å². The van der Waals surface area contributed by atoms with Gasteiger partial charge < -0.3 is 11.1 Å². The number of anilines is 1. The maximum absolute atomic E-state index is 12.0. The lowest BCUT2D eigenvalue weighted by Crippen LogP contribution is -2.22. The van der Waals surface area contributed by atoms with Crippen molar-refractivity contribution in [3.63, 3.8) is 0 Å². The lowest BCUT2D eigenvalue weighted by molar-refractivity contribution is -0.117. The second-order valence-corrected chi connectivity index (χ2v) is 6.83. The average Bonchev–Trinajstić information content (AvgIpc) is 2.46. The number of aryl methyl sites for hydroxylation is 1. The minimum atomic E-state index is -3.53. The van der Waals surface area contributed by atoms with E-state index >= 15 is 0 Å². The SMILES string of the molecule is CCC(CN)CC(=O)Nc1cc(S(=O)(=O)NC)ccc1C. The summed E-state index contributed by atoms with van der Waals surface area (Å²) in [6, 6.07) is 4.63. The number of carbonyl (C=O) groups is 1. The third kappa shape index (κ3) is 4.80. The van der Waals surface area contributed by atoms with E-state index in [0.29, 0.717) is 18.7 Å². The Morgan fingerprint density at radius 3 is 2.57 bits per heavy atom. The summed E-state index contributed by atoms with van der Waals surface area (Å²) in [5.74, 6) is -0.0241. The third-order valence-electron chi connectivity index (χ3n) is 3.45. The fourth-order valence-corrected chi connectivity index (χ4v) is 2.63. The fraction of sp³-hybridized carbons (Fsp3) is 0.500. The Morgan fingerprint density at radius 1 is 1.38 bits per heavy atom. The van der Waals surface area contributed by atoms with E-state index in [1.807, 2.05) is 13.8 Å². The van der Waals surface area contributed by atoms with Gasteiger partial charge in [0, 0.05) is 12.1 Å². The van der Waals surface area contributed by atoms with Gasteiger partial charge in [-0.2, -0.15) is 0 Å². The van der Waals surface area contributed by atoms with Crippen LogP contribution in [0.25, 0.3) is 0 Å². The zero-order chi connectivity index (χ0) is 16.0. The van der Waals surface area contributed by atoms with Gasteiger partial charge in [-0.05, 0) is 44.1 Å². The second kappa shape index (κ2) is 7.53. The molecule has 0 saturated heterocycles. The van der Waals surface area contributed by atoms with E-state index in [0.717, 1.165) is 12.0 Å². The topological polar surface area (TPSA) is 101 Å². The van der Waals surface area contributed by atoms with Crippen LogP contribution in [-0.2, 0) is 14.8 Å². The Morgan fingerprint density at radius 2 is 2.05 bits per heavy atom. The second-order valence-electron chi connectivity index (χ2n) is 4.95. The summed E-state index contributed by atoms with van der Waals surface area (Å²) in [7, 11) is -2.18. The van der Waals surface area contributed by atoms with Crippen LogP contribution in [0, 0.1) is 12.8 Å². The predicted octanol–water partition coefficient (Wildman–Crippen LogP) is 1.22. The Bertz CT molecular complexity index is 595. The first-order chi connectivity index (χ1) is 9.83. The number of nitrogens with two attached hydrogens (primary N) is 1. The summed E-state index contributed by atoms with van der Waals surface area (Å²) < 4.78 is 25.8. The Balaban J connectivity index is 2.93. The molecule has 1 unspecified atom stereocenters. The molecule has 0 aliphatic rings. The zero-order valence-corrected chi connectivity index (χ0v) is 13.5. The number of nitrogens with one attached hydrogen (secondary N) is 2. The van der Waals surface area contributed by atoms with Gasteiger partial charge >= 0.3 is 0 Å². The molecule has 0 aromatic heterocycles. The standard InChI is InChI=1S/C14H23N3O3S/c1-4-11(9-15)7-14(18)17-13-8-12(6-5-10(13)2)21(19,20)16-3/h5-6,8,11,16H,4,7,9,15H2,1-3H3,(H,17,18). The highest BCUT2D eigenvalue weighted by molar-refractivity contribution is 7.89. The van der Waals surface area contributed by atoms with Crippen molar-refractivity contribution in [1.82, 2.24) is 4.72 Å². The van der Waals surface area contributed by atoms with Crippen molar-refractivity contribution in [2.24, 2.45) is 11.7 Å². The highest BCUT2D eigenvalue weighted by Crippen LogP contribution is 2.21. The molecule has 0 aliphatic heterocycles. The summed E-state index contributed by atoms with van der Waals surface area (Å²) >= 11 is 0. The van der Waals surface area contributed by atoms with Gasteiger partial charge in [-0.3, -0.25) is 4.79 Å². The molecule has 0 radical (unpaired) electrons. The van der Waals surface area contributed by atoms with Crippen LogP contribution in [0.15, 0.2) is 23.1 Å². The smallest absolute Gasteiger partial charge is 0.240 e. The zero-order valence-electron chi connectivity index (χ0n) is 12.6. The lowest BCUT2D eigenvalue weighted by Gasteiger charge is -2.14. The molecule has 21 heavy (non-hydrogen) atoms. The number of rotatable bonds is 7. The van der Waals surface area contributed by atoms with Crippen molar-refractivity contribution in [3.05, 3.63) is 23.8 Å². The fourth-order valence-electron chi connectivity index (χ4n) is 1.88. The quantitative estimate of drug-likeness (QED) is 0.704. The van der Waals surface area contributed by atoms with Crippen molar-refractivity contribution in [3.8, 4) is 0 Å². The van der Waals surface area contributed by atoms with E-state index in [-0.39, 0.29) is 16.7 Å². The van der Waals surface area contributed by atoms with Crippen LogP contribution >= 0.6 is 0 Å². The molecule has 0 spiro atoms. The molecule has 1 rings (SSSR count). The predicted molar refractivity (Wildman–Crippen MR) is 83.5 cm³/mol. The summed E-state index contributed by atoms with van der Waals surface area (Å²) in [5.41, 5.74) is 6.89. The first-order valence-corrected chi connectivity index (χ1v) is 8.36. The van der Waals surface area contributed by atoms with E-state index in [9.17, 15) is 13.2 Å². The molecule has 118 valence electrons. The molecule has 0 saturated carbocycles. The minimum absolute atomic E-state index is 0.122. The van der Waals surface area contributed by atoms with Gasteiger partial charge in [-0.25, -0.2) is 13.1 Å². The molecular weight excluding hydrogens is 290 g/mol. The van der Waals surface area contributed by atoms with Crippen LogP contribution in [-0.4, -0.2) is 27.9 Å². The Labute approximate surface area is 126 Å². The number of hydrogen-bond donors (Lipinski definition) is 3. The molecule has 1 aromatic rings. The summed E-state index contributed by atoms with van der Waals surface area (Å²) in [6.07, 6.45) is 1.16. The highest BCUT2D eigenvalue weighted by atomic mass is 32.2. The van der Waals surface area contributed by atoms with Gasteiger partial charge in [0.25, 0.3) is 0 Å². The minimum Gasteiger partial charge on any atom is -0.330 e. The molecule has 0 fully saturated rings. The molecule has 1 aromatic carbocycles. The van der Waals surface area contributed by atoms with Gasteiger partial charge in [0.2, 0.25) is 15.9 Å². The molecule has 1 amide bonds. The van der Waals surface area contributed by atoms with Gasteiger partial charge in [0.1, 0.15) is 0 Å². The highest BCUT2D eigenvalue weighted by Gasteiger charge is 2.15. The Hall–Kier alpha value is -1.44. The van der Waals surface area contributed by atoms with Crippen LogP contribution < -0.4 is 15.8 Å². The van der Waals surface area contributed by atoms with Crippen molar-refractivity contribution in [1.29, 1.82) is 0 Å². The van der Waals surface area contributed by atoms with Gasteiger partial charge in [-0.15, -0.1) is 0 Å². The first kappa shape index (κ1) is 17.6. The first-order valence-electron chi connectivity index (χ1n) is 6.88. The molecular formula is C14H23N3O3S. The number of hydrogen-bond acceptors (Lipinski definition) is 4. The largest absolute Gasteiger partial charge is 0.330 e. The monoisotopic (exact) mass is 313 g/mol. The van der Waals surface area contributed by atoms with Crippen LogP contribution in [0.1, 0.15) is 25.3 Å². The molecule has 6 nitrogen and oxygen atoms in total. The lowest BCUT2D eigenvalue weighted by atomic mass is 10.0. The number of sulfonamides is 1. The molecule has 4 N–H and O–H groups in total.